The van der Waals surface area contributed by atoms with E-state index in [9.17, 15) is 0 Å². The van der Waals surface area contributed by atoms with Crippen LogP contribution in [0.5, 0.6) is 11.8 Å². The molecular weight excluding hydrogens is 270 g/mol. The number of benzene rings is 1. The Morgan fingerprint density at radius 3 is 2.62 bits per heavy atom. The summed E-state index contributed by atoms with van der Waals surface area (Å²) in [5.74, 6) is 1.27. The topological polar surface area (TPSA) is 86.4 Å². The molecule has 7 nitrogen and oxygen atoms in total. The van der Waals surface area contributed by atoms with Gasteiger partial charge >= 0.3 is 6.01 Å². The first kappa shape index (κ1) is 14.8. The van der Waals surface area contributed by atoms with E-state index in [1.165, 1.54) is 0 Å². The van der Waals surface area contributed by atoms with Crippen molar-refractivity contribution in [1.29, 1.82) is 0 Å². The second-order valence-electron chi connectivity index (χ2n) is 4.70. The zero-order valence-corrected chi connectivity index (χ0v) is 12.6. The highest BCUT2D eigenvalue weighted by Crippen LogP contribution is 2.25. The summed E-state index contributed by atoms with van der Waals surface area (Å²) in [7, 11) is 3.46. The third-order valence-corrected chi connectivity index (χ3v) is 2.70. The summed E-state index contributed by atoms with van der Waals surface area (Å²) in [5.41, 5.74) is 6.58. The first-order chi connectivity index (χ1) is 9.99. The third-order valence-electron chi connectivity index (χ3n) is 2.70. The van der Waals surface area contributed by atoms with Crippen molar-refractivity contribution < 1.29 is 9.47 Å². The summed E-state index contributed by atoms with van der Waals surface area (Å²) in [5, 5.41) is 0. The molecule has 21 heavy (non-hydrogen) atoms. The highest BCUT2D eigenvalue weighted by molar-refractivity contribution is 5.59. The second kappa shape index (κ2) is 6.25. The maximum atomic E-state index is 5.71. The van der Waals surface area contributed by atoms with Crippen LogP contribution in [0, 0.1) is 0 Å². The molecular formula is C14H19N5O2. The SMILES string of the molecule is COc1cccc(N(C)c2nc(N)nc(OC(C)C)n2)c1. The maximum absolute atomic E-state index is 5.71. The molecule has 0 saturated carbocycles. The lowest BCUT2D eigenvalue weighted by molar-refractivity contribution is 0.222. The minimum atomic E-state index is -0.0400. The van der Waals surface area contributed by atoms with Crippen LogP contribution in [0.15, 0.2) is 24.3 Å². The highest BCUT2D eigenvalue weighted by atomic mass is 16.5. The lowest BCUT2D eigenvalue weighted by Gasteiger charge is -2.18. The molecule has 0 saturated heterocycles. The number of nitrogen functional groups attached to an aromatic ring is 1. The van der Waals surface area contributed by atoms with E-state index in [0.717, 1.165) is 11.4 Å². The van der Waals surface area contributed by atoms with E-state index in [4.69, 9.17) is 15.2 Å². The van der Waals surface area contributed by atoms with Gasteiger partial charge in [-0.25, -0.2) is 0 Å². The van der Waals surface area contributed by atoms with Gasteiger partial charge < -0.3 is 20.1 Å². The van der Waals surface area contributed by atoms with Gasteiger partial charge in [0.2, 0.25) is 11.9 Å². The van der Waals surface area contributed by atoms with Crippen LogP contribution in [0.2, 0.25) is 0 Å². The average molecular weight is 289 g/mol. The summed E-state index contributed by atoms with van der Waals surface area (Å²) in [6, 6.07) is 7.77. The van der Waals surface area contributed by atoms with Gasteiger partial charge in [-0.1, -0.05) is 6.07 Å². The Morgan fingerprint density at radius 1 is 1.19 bits per heavy atom. The molecule has 2 aromatic rings. The number of anilines is 3. The monoisotopic (exact) mass is 289 g/mol. The Balaban J connectivity index is 2.33. The number of hydrogen-bond donors (Lipinski definition) is 1. The molecule has 0 aliphatic carbocycles. The van der Waals surface area contributed by atoms with Gasteiger partial charge in [0.25, 0.3) is 0 Å². The minimum Gasteiger partial charge on any atom is -0.497 e. The molecule has 0 fully saturated rings. The summed E-state index contributed by atoms with van der Waals surface area (Å²) in [6.45, 7) is 3.79. The zero-order chi connectivity index (χ0) is 15.4. The van der Waals surface area contributed by atoms with Gasteiger partial charge in [0, 0.05) is 18.8 Å². The molecule has 0 bridgehead atoms. The van der Waals surface area contributed by atoms with Gasteiger partial charge in [-0.3, -0.25) is 0 Å². The number of nitrogens with two attached hydrogens (primary N) is 1. The molecule has 1 heterocycles. The molecule has 1 aromatic carbocycles. The van der Waals surface area contributed by atoms with E-state index in [1.54, 1.807) is 12.0 Å². The Hall–Kier alpha value is -2.57. The van der Waals surface area contributed by atoms with Crippen molar-refractivity contribution in [2.45, 2.75) is 20.0 Å². The Kier molecular flexibility index (Phi) is 4.42. The summed E-state index contributed by atoms with van der Waals surface area (Å²) in [4.78, 5) is 14.2. The van der Waals surface area contributed by atoms with E-state index in [1.807, 2.05) is 45.2 Å². The molecule has 0 atom stereocenters. The van der Waals surface area contributed by atoms with Gasteiger partial charge in [-0.15, -0.1) is 0 Å². The third kappa shape index (κ3) is 3.71. The molecule has 2 rings (SSSR count). The van der Waals surface area contributed by atoms with Crippen LogP contribution in [-0.2, 0) is 0 Å². The van der Waals surface area contributed by atoms with Crippen molar-refractivity contribution in [1.82, 2.24) is 15.0 Å². The van der Waals surface area contributed by atoms with Crippen LogP contribution >= 0.6 is 0 Å². The number of nitrogens with zero attached hydrogens (tertiary/aromatic N) is 4. The van der Waals surface area contributed by atoms with E-state index in [0.29, 0.717) is 5.95 Å². The fourth-order valence-electron chi connectivity index (χ4n) is 1.71. The lowest BCUT2D eigenvalue weighted by atomic mass is 10.3. The average Bonchev–Trinajstić information content (AvgIpc) is 2.45. The molecule has 0 unspecified atom stereocenters. The fourth-order valence-corrected chi connectivity index (χ4v) is 1.71. The molecule has 7 heteroatoms. The fraction of sp³-hybridized carbons (Fsp3) is 0.357. The minimum absolute atomic E-state index is 0.0400. The standard InChI is InChI=1S/C14H19N5O2/c1-9(2)21-14-17-12(15)16-13(18-14)19(3)10-6-5-7-11(8-10)20-4/h5-9H,1-4H3,(H2,15,16,17,18). The van der Waals surface area contributed by atoms with E-state index < -0.39 is 0 Å². The number of ether oxygens (including phenoxy) is 2. The molecule has 1 aromatic heterocycles. The van der Waals surface area contributed by atoms with Crippen LogP contribution in [0.25, 0.3) is 0 Å². The molecule has 0 amide bonds. The Labute approximate surface area is 123 Å². The first-order valence-corrected chi connectivity index (χ1v) is 6.55. The number of rotatable bonds is 5. The predicted octanol–water partition coefficient (Wildman–Crippen LogP) is 2.02. The van der Waals surface area contributed by atoms with Crippen LogP contribution in [0.4, 0.5) is 17.6 Å². The summed E-state index contributed by atoms with van der Waals surface area (Å²) >= 11 is 0. The van der Waals surface area contributed by atoms with Crippen LogP contribution in [-0.4, -0.2) is 35.2 Å². The van der Waals surface area contributed by atoms with Crippen LogP contribution in [0.3, 0.4) is 0 Å². The number of methoxy groups -OCH3 is 1. The van der Waals surface area contributed by atoms with Gasteiger partial charge in [-0.05, 0) is 26.0 Å². The number of hydrogen-bond acceptors (Lipinski definition) is 7. The molecule has 0 spiro atoms. The van der Waals surface area contributed by atoms with Crippen LogP contribution in [0.1, 0.15) is 13.8 Å². The van der Waals surface area contributed by atoms with Gasteiger partial charge in [-0.2, -0.15) is 15.0 Å². The quantitative estimate of drug-likeness (QED) is 0.901. The van der Waals surface area contributed by atoms with Crippen LogP contribution < -0.4 is 20.1 Å². The first-order valence-electron chi connectivity index (χ1n) is 6.55. The van der Waals surface area contributed by atoms with Gasteiger partial charge in [0.15, 0.2) is 0 Å². The zero-order valence-electron chi connectivity index (χ0n) is 12.6. The maximum Gasteiger partial charge on any atom is 0.323 e. The second-order valence-corrected chi connectivity index (χ2v) is 4.70. The number of aromatic nitrogens is 3. The van der Waals surface area contributed by atoms with Crippen molar-refractivity contribution in [3.05, 3.63) is 24.3 Å². The predicted molar refractivity (Wildman–Crippen MR) is 81.1 cm³/mol. The smallest absolute Gasteiger partial charge is 0.323 e. The normalized spacial score (nSPS) is 10.5. The van der Waals surface area contributed by atoms with Crippen molar-refractivity contribution in [2.24, 2.45) is 0 Å². The van der Waals surface area contributed by atoms with Crippen molar-refractivity contribution in [2.75, 3.05) is 24.8 Å². The van der Waals surface area contributed by atoms with Gasteiger partial charge in [0.05, 0.1) is 13.2 Å². The molecule has 112 valence electrons. The van der Waals surface area contributed by atoms with Crippen molar-refractivity contribution in [3.8, 4) is 11.8 Å². The molecule has 0 aliphatic rings. The largest absolute Gasteiger partial charge is 0.497 e. The summed E-state index contributed by atoms with van der Waals surface area (Å²) < 4.78 is 10.7. The molecule has 0 radical (unpaired) electrons. The lowest BCUT2D eigenvalue weighted by Crippen LogP contribution is -2.17. The van der Waals surface area contributed by atoms with Gasteiger partial charge in [0.1, 0.15) is 5.75 Å². The summed E-state index contributed by atoms with van der Waals surface area (Å²) in [6.07, 6.45) is -0.0400. The van der Waals surface area contributed by atoms with E-state index >= 15 is 0 Å². The van der Waals surface area contributed by atoms with E-state index in [2.05, 4.69) is 15.0 Å². The molecule has 2 N–H and O–H groups in total. The Morgan fingerprint density at radius 2 is 1.95 bits per heavy atom. The van der Waals surface area contributed by atoms with E-state index in [-0.39, 0.29) is 18.1 Å². The van der Waals surface area contributed by atoms with Crippen molar-refractivity contribution in [3.63, 3.8) is 0 Å². The Bertz CT molecular complexity index is 618. The molecule has 0 aliphatic heterocycles. The van der Waals surface area contributed by atoms with Crippen molar-refractivity contribution >= 4 is 17.6 Å². The highest BCUT2D eigenvalue weighted by Gasteiger charge is 2.13.